The number of carbonyl (C=O) groups is 2. The number of carboxylic acid groups (broad SMARTS) is 1. The predicted molar refractivity (Wildman–Crippen MR) is 86.7 cm³/mol. The highest BCUT2D eigenvalue weighted by Gasteiger charge is 2.23. The van der Waals surface area contributed by atoms with Crippen LogP contribution in [0.25, 0.3) is 0 Å². The molecule has 1 amide bonds. The molecule has 0 spiro atoms. The second-order valence-corrected chi connectivity index (χ2v) is 6.08. The fourth-order valence-electron chi connectivity index (χ4n) is 1.76. The van der Waals surface area contributed by atoms with Gasteiger partial charge in [0, 0.05) is 4.47 Å². The van der Waals surface area contributed by atoms with Crippen molar-refractivity contribution in [1.29, 1.82) is 0 Å². The van der Waals surface area contributed by atoms with Crippen molar-refractivity contribution in [2.75, 3.05) is 11.9 Å². The number of hydrogen-bond donors (Lipinski definition) is 3. The van der Waals surface area contributed by atoms with E-state index in [1.807, 2.05) is 13.8 Å². The largest absolute Gasteiger partial charge is 0.480 e. The summed E-state index contributed by atoms with van der Waals surface area (Å²) < 4.78 is 0.811. The van der Waals surface area contributed by atoms with E-state index in [0.29, 0.717) is 17.1 Å². The van der Waals surface area contributed by atoms with Gasteiger partial charge in [-0.05, 0) is 24.1 Å². The summed E-state index contributed by atoms with van der Waals surface area (Å²) in [7, 11) is 0. The Morgan fingerprint density at radius 2 is 2.10 bits per heavy atom. The van der Waals surface area contributed by atoms with E-state index < -0.39 is 12.0 Å². The van der Waals surface area contributed by atoms with Crippen LogP contribution in [0, 0.1) is 5.92 Å². The number of carboxylic acids is 1. The van der Waals surface area contributed by atoms with E-state index in [4.69, 9.17) is 16.7 Å². The molecule has 0 aliphatic heterocycles. The fraction of sp³-hybridized carbons (Fsp3) is 0.429. The van der Waals surface area contributed by atoms with Gasteiger partial charge in [-0.3, -0.25) is 14.9 Å². The van der Waals surface area contributed by atoms with Gasteiger partial charge in [0.25, 0.3) is 0 Å². The van der Waals surface area contributed by atoms with E-state index in [-0.39, 0.29) is 18.4 Å². The van der Waals surface area contributed by atoms with Crippen molar-refractivity contribution in [2.24, 2.45) is 5.92 Å². The van der Waals surface area contributed by atoms with Crippen LogP contribution in [0.3, 0.4) is 0 Å². The Balaban J connectivity index is 2.59. The SMILES string of the molecule is CC[C@H](C)[C@H](NCC(=O)Nc1ccc(Br)cc1Cl)C(=O)O. The molecule has 0 bridgehead atoms. The zero-order valence-corrected chi connectivity index (χ0v) is 14.2. The van der Waals surface area contributed by atoms with Gasteiger partial charge in [-0.25, -0.2) is 0 Å². The molecule has 0 unspecified atom stereocenters. The molecule has 0 aliphatic carbocycles. The van der Waals surface area contributed by atoms with Crippen LogP contribution in [-0.4, -0.2) is 29.6 Å². The van der Waals surface area contributed by atoms with Crippen molar-refractivity contribution < 1.29 is 14.7 Å². The van der Waals surface area contributed by atoms with Gasteiger partial charge in [0.05, 0.1) is 17.3 Å². The molecule has 21 heavy (non-hydrogen) atoms. The van der Waals surface area contributed by atoms with Crippen molar-refractivity contribution in [3.63, 3.8) is 0 Å². The van der Waals surface area contributed by atoms with Crippen molar-refractivity contribution >= 4 is 45.1 Å². The second-order valence-electron chi connectivity index (χ2n) is 4.75. The number of nitrogens with one attached hydrogen (secondary N) is 2. The van der Waals surface area contributed by atoms with Gasteiger partial charge in [-0.2, -0.15) is 0 Å². The molecule has 0 fully saturated rings. The number of rotatable bonds is 7. The molecule has 5 nitrogen and oxygen atoms in total. The number of amides is 1. The van der Waals surface area contributed by atoms with Gasteiger partial charge in [0.15, 0.2) is 0 Å². The maximum atomic E-state index is 11.9. The van der Waals surface area contributed by atoms with Crippen molar-refractivity contribution in [2.45, 2.75) is 26.3 Å². The van der Waals surface area contributed by atoms with E-state index in [1.165, 1.54) is 0 Å². The average molecular weight is 378 g/mol. The molecule has 1 aromatic carbocycles. The molecule has 0 saturated heterocycles. The molecule has 2 atom stereocenters. The third kappa shape index (κ3) is 5.65. The number of carbonyl (C=O) groups excluding carboxylic acids is 1. The van der Waals surface area contributed by atoms with Crippen molar-refractivity contribution in [3.05, 3.63) is 27.7 Å². The molecule has 0 aliphatic rings. The molecule has 0 saturated carbocycles. The van der Waals surface area contributed by atoms with Crippen LogP contribution < -0.4 is 10.6 Å². The molecule has 1 rings (SSSR count). The van der Waals surface area contributed by atoms with Gasteiger partial charge in [-0.15, -0.1) is 0 Å². The first-order chi connectivity index (χ1) is 9.85. The Labute approximate surface area is 137 Å². The Morgan fingerprint density at radius 1 is 1.43 bits per heavy atom. The summed E-state index contributed by atoms with van der Waals surface area (Å²) in [5.74, 6) is -1.36. The summed E-state index contributed by atoms with van der Waals surface area (Å²) in [6.07, 6.45) is 0.712. The van der Waals surface area contributed by atoms with Crippen LogP contribution in [0.5, 0.6) is 0 Å². The van der Waals surface area contributed by atoms with Gasteiger partial charge < -0.3 is 10.4 Å². The van der Waals surface area contributed by atoms with E-state index in [1.54, 1.807) is 18.2 Å². The maximum absolute atomic E-state index is 11.9. The quantitative estimate of drug-likeness (QED) is 0.682. The lowest BCUT2D eigenvalue weighted by Crippen LogP contribution is -2.45. The number of halogens is 2. The molecular weight excluding hydrogens is 360 g/mol. The van der Waals surface area contributed by atoms with Gasteiger partial charge in [-0.1, -0.05) is 47.8 Å². The number of hydrogen-bond acceptors (Lipinski definition) is 3. The Kier molecular flexibility index (Phi) is 7.14. The molecular formula is C14H18BrClN2O3. The third-order valence-corrected chi connectivity index (χ3v) is 3.97. The van der Waals surface area contributed by atoms with Crippen molar-refractivity contribution in [3.8, 4) is 0 Å². The highest BCUT2D eigenvalue weighted by atomic mass is 79.9. The lowest BCUT2D eigenvalue weighted by molar-refractivity contribution is -0.140. The standard InChI is InChI=1S/C14H18BrClN2O3/c1-3-8(2)13(14(20)21)17-7-12(19)18-11-5-4-9(15)6-10(11)16/h4-6,8,13,17H,3,7H2,1-2H3,(H,18,19)(H,20,21)/t8-,13-/m0/s1. The minimum Gasteiger partial charge on any atom is -0.480 e. The summed E-state index contributed by atoms with van der Waals surface area (Å²) in [5.41, 5.74) is 0.488. The third-order valence-electron chi connectivity index (χ3n) is 3.17. The average Bonchev–Trinajstić information content (AvgIpc) is 2.41. The molecule has 1 aromatic rings. The molecule has 0 heterocycles. The molecule has 0 aromatic heterocycles. The summed E-state index contributed by atoms with van der Waals surface area (Å²) in [6.45, 7) is 3.65. The van der Waals surface area contributed by atoms with Crippen LogP contribution in [0.4, 0.5) is 5.69 Å². The Morgan fingerprint density at radius 3 is 2.62 bits per heavy atom. The van der Waals surface area contributed by atoms with E-state index >= 15 is 0 Å². The normalized spacial score (nSPS) is 13.5. The first-order valence-corrected chi connectivity index (χ1v) is 7.73. The first kappa shape index (κ1) is 17.9. The van der Waals surface area contributed by atoms with Crippen molar-refractivity contribution in [1.82, 2.24) is 5.32 Å². The zero-order valence-electron chi connectivity index (χ0n) is 11.8. The summed E-state index contributed by atoms with van der Waals surface area (Å²) in [6, 6.07) is 4.35. The smallest absolute Gasteiger partial charge is 0.320 e. The highest BCUT2D eigenvalue weighted by Crippen LogP contribution is 2.25. The number of anilines is 1. The lowest BCUT2D eigenvalue weighted by Gasteiger charge is -2.20. The van der Waals surface area contributed by atoms with Gasteiger partial charge >= 0.3 is 5.97 Å². The van der Waals surface area contributed by atoms with E-state index in [2.05, 4.69) is 26.6 Å². The highest BCUT2D eigenvalue weighted by molar-refractivity contribution is 9.10. The molecule has 116 valence electrons. The van der Waals surface area contributed by atoms with Gasteiger partial charge in [0.1, 0.15) is 6.04 Å². The minimum absolute atomic E-state index is 0.0634. The first-order valence-electron chi connectivity index (χ1n) is 6.56. The number of aliphatic carboxylic acids is 1. The summed E-state index contributed by atoms with van der Waals surface area (Å²) in [5, 5.41) is 14.9. The second kappa shape index (κ2) is 8.36. The van der Waals surface area contributed by atoms with Crippen LogP contribution in [0.2, 0.25) is 5.02 Å². The van der Waals surface area contributed by atoms with Crippen LogP contribution in [0.1, 0.15) is 20.3 Å². The summed E-state index contributed by atoms with van der Waals surface area (Å²) >= 11 is 9.28. The van der Waals surface area contributed by atoms with E-state index in [9.17, 15) is 9.59 Å². The predicted octanol–water partition coefficient (Wildman–Crippen LogP) is 3.13. The van der Waals surface area contributed by atoms with Gasteiger partial charge in [0.2, 0.25) is 5.91 Å². The topological polar surface area (TPSA) is 78.4 Å². The Hall–Kier alpha value is -1.11. The molecule has 0 radical (unpaired) electrons. The zero-order chi connectivity index (χ0) is 16.0. The molecule has 7 heteroatoms. The fourth-order valence-corrected chi connectivity index (χ4v) is 2.48. The monoisotopic (exact) mass is 376 g/mol. The van der Waals surface area contributed by atoms with Crippen LogP contribution >= 0.6 is 27.5 Å². The molecule has 3 N–H and O–H groups in total. The maximum Gasteiger partial charge on any atom is 0.320 e. The summed E-state index contributed by atoms with van der Waals surface area (Å²) in [4.78, 5) is 23.0. The number of benzene rings is 1. The van der Waals surface area contributed by atoms with E-state index in [0.717, 1.165) is 4.47 Å². The Bertz CT molecular complexity index is 525. The van der Waals surface area contributed by atoms with Crippen LogP contribution in [0.15, 0.2) is 22.7 Å². The van der Waals surface area contributed by atoms with Crippen LogP contribution in [-0.2, 0) is 9.59 Å². The minimum atomic E-state index is -0.959. The lowest BCUT2D eigenvalue weighted by atomic mass is 9.99.